The maximum absolute atomic E-state index is 13.0. The van der Waals surface area contributed by atoms with Crippen LogP contribution in [0.2, 0.25) is 0 Å². The van der Waals surface area contributed by atoms with Gasteiger partial charge in [-0.2, -0.15) is 5.26 Å². The first-order valence-corrected chi connectivity index (χ1v) is 11.6. The van der Waals surface area contributed by atoms with Crippen molar-refractivity contribution in [2.75, 3.05) is 31.1 Å². The Hall–Kier alpha value is -2.89. The van der Waals surface area contributed by atoms with Crippen molar-refractivity contribution in [3.05, 3.63) is 59.7 Å². The second kappa shape index (κ2) is 8.46. The van der Waals surface area contributed by atoms with E-state index in [0.29, 0.717) is 30.8 Å². The van der Waals surface area contributed by atoms with Crippen LogP contribution < -0.4 is 9.62 Å². The molecule has 0 spiro atoms. The first-order valence-electron chi connectivity index (χ1n) is 10.1. The van der Waals surface area contributed by atoms with Gasteiger partial charge in [0.15, 0.2) is 0 Å². The topological polar surface area (TPSA) is 93.5 Å². The summed E-state index contributed by atoms with van der Waals surface area (Å²) in [6, 6.07) is 15.9. The average Bonchev–Trinajstić information content (AvgIpc) is 3.60. The van der Waals surface area contributed by atoms with E-state index in [-0.39, 0.29) is 16.8 Å². The van der Waals surface area contributed by atoms with Crippen molar-refractivity contribution in [1.82, 2.24) is 9.62 Å². The molecule has 1 N–H and O–H groups in total. The van der Waals surface area contributed by atoms with Gasteiger partial charge in [0, 0.05) is 43.5 Å². The molecule has 1 aliphatic carbocycles. The van der Waals surface area contributed by atoms with Crippen LogP contribution >= 0.6 is 0 Å². The summed E-state index contributed by atoms with van der Waals surface area (Å²) in [7, 11) is -3.59. The highest BCUT2D eigenvalue weighted by atomic mass is 32.2. The van der Waals surface area contributed by atoms with Crippen molar-refractivity contribution in [2.45, 2.75) is 30.2 Å². The number of benzene rings is 2. The molecule has 0 unspecified atom stereocenters. The van der Waals surface area contributed by atoms with E-state index in [9.17, 15) is 13.2 Å². The standard InChI is InChI=1S/C22H24N4O3S/c23-16-17-5-9-20(10-6-17)25-11-2-12-26(14-13-25)22(27)18-3-1-4-21(15-18)30(28,29)24-19-7-8-19/h1,3-6,9-10,15,19,24H,2,7-8,11-14H2. The second-order valence-electron chi connectivity index (χ2n) is 7.71. The second-order valence-corrected chi connectivity index (χ2v) is 9.43. The SMILES string of the molecule is N#Cc1ccc(N2CCCN(C(=O)c3cccc(S(=O)(=O)NC4CC4)c3)CC2)cc1. The van der Waals surface area contributed by atoms with E-state index in [1.165, 1.54) is 12.1 Å². The third-order valence-corrected chi connectivity index (χ3v) is 6.95. The Labute approximate surface area is 177 Å². The Morgan fingerprint density at radius 3 is 2.50 bits per heavy atom. The predicted molar refractivity (Wildman–Crippen MR) is 114 cm³/mol. The number of rotatable bonds is 5. The number of carbonyl (C=O) groups excluding carboxylic acids is 1. The zero-order valence-corrected chi connectivity index (χ0v) is 17.4. The van der Waals surface area contributed by atoms with Crippen molar-refractivity contribution >= 4 is 21.6 Å². The maximum atomic E-state index is 13.0. The molecule has 1 aliphatic heterocycles. The van der Waals surface area contributed by atoms with Crippen LogP contribution in [-0.2, 0) is 10.0 Å². The Kier molecular flexibility index (Phi) is 5.75. The summed E-state index contributed by atoms with van der Waals surface area (Å²) in [5.74, 6) is -0.153. The fourth-order valence-electron chi connectivity index (χ4n) is 3.59. The van der Waals surface area contributed by atoms with Gasteiger partial charge in [-0.1, -0.05) is 6.07 Å². The number of carbonyl (C=O) groups is 1. The Balaban J connectivity index is 1.45. The number of hydrogen-bond donors (Lipinski definition) is 1. The molecule has 1 amide bonds. The summed E-state index contributed by atoms with van der Waals surface area (Å²) >= 11 is 0. The van der Waals surface area contributed by atoms with Crippen LogP contribution in [0.5, 0.6) is 0 Å². The molecule has 156 valence electrons. The summed E-state index contributed by atoms with van der Waals surface area (Å²) in [6.07, 6.45) is 2.54. The highest BCUT2D eigenvalue weighted by molar-refractivity contribution is 7.89. The van der Waals surface area contributed by atoms with Crippen molar-refractivity contribution < 1.29 is 13.2 Å². The molecule has 2 aromatic carbocycles. The number of nitriles is 1. The van der Waals surface area contributed by atoms with Crippen molar-refractivity contribution in [1.29, 1.82) is 5.26 Å². The van der Waals surface area contributed by atoms with Gasteiger partial charge in [-0.05, 0) is 61.7 Å². The van der Waals surface area contributed by atoms with Crippen LogP contribution in [0.4, 0.5) is 5.69 Å². The minimum Gasteiger partial charge on any atom is -0.370 e. The number of sulfonamides is 1. The normalized spacial score (nSPS) is 17.3. The summed E-state index contributed by atoms with van der Waals surface area (Å²) in [6.45, 7) is 2.66. The Morgan fingerprint density at radius 1 is 1.03 bits per heavy atom. The van der Waals surface area contributed by atoms with Crippen LogP contribution in [0.3, 0.4) is 0 Å². The highest BCUT2D eigenvalue weighted by Crippen LogP contribution is 2.23. The fourth-order valence-corrected chi connectivity index (χ4v) is 4.94. The fraction of sp³-hybridized carbons (Fsp3) is 0.364. The van der Waals surface area contributed by atoms with E-state index in [2.05, 4.69) is 15.7 Å². The van der Waals surface area contributed by atoms with Gasteiger partial charge in [-0.25, -0.2) is 13.1 Å². The molecular weight excluding hydrogens is 400 g/mol. The van der Waals surface area contributed by atoms with Crippen LogP contribution in [-0.4, -0.2) is 51.4 Å². The number of hydrogen-bond acceptors (Lipinski definition) is 5. The molecule has 0 radical (unpaired) electrons. The van der Waals surface area contributed by atoms with Gasteiger partial charge >= 0.3 is 0 Å². The molecule has 2 aromatic rings. The van der Waals surface area contributed by atoms with E-state index in [4.69, 9.17) is 5.26 Å². The van der Waals surface area contributed by atoms with E-state index >= 15 is 0 Å². The molecule has 7 nitrogen and oxygen atoms in total. The number of nitrogens with one attached hydrogen (secondary N) is 1. The van der Waals surface area contributed by atoms with E-state index in [1.807, 2.05) is 12.1 Å². The lowest BCUT2D eigenvalue weighted by molar-refractivity contribution is 0.0767. The monoisotopic (exact) mass is 424 g/mol. The van der Waals surface area contributed by atoms with Crippen LogP contribution in [0, 0.1) is 11.3 Å². The molecule has 2 aliphatic rings. The van der Waals surface area contributed by atoms with Crippen LogP contribution in [0.15, 0.2) is 53.4 Å². The third-order valence-electron chi connectivity index (χ3n) is 5.44. The minimum atomic E-state index is -3.59. The molecule has 1 saturated heterocycles. The highest BCUT2D eigenvalue weighted by Gasteiger charge is 2.29. The maximum Gasteiger partial charge on any atom is 0.253 e. The van der Waals surface area contributed by atoms with Gasteiger partial charge in [0.1, 0.15) is 0 Å². The molecule has 8 heteroatoms. The van der Waals surface area contributed by atoms with Gasteiger partial charge in [0.2, 0.25) is 10.0 Å². The smallest absolute Gasteiger partial charge is 0.253 e. The quantitative estimate of drug-likeness (QED) is 0.795. The molecular formula is C22H24N4O3S. The van der Waals surface area contributed by atoms with Gasteiger partial charge in [0.05, 0.1) is 16.5 Å². The van der Waals surface area contributed by atoms with Crippen molar-refractivity contribution in [3.63, 3.8) is 0 Å². The largest absolute Gasteiger partial charge is 0.370 e. The Bertz CT molecular complexity index is 1070. The lowest BCUT2D eigenvalue weighted by atomic mass is 10.2. The summed E-state index contributed by atoms with van der Waals surface area (Å²) in [5.41, 5.74) is 2.04. The van der Waals surface area contributed by atoms with Gasteiger partial charge in [-0.3, -0.25) is 4.79 Å². The lowest BCUT2D eigenvalue weighted by Crippen LogP contribution is -2.35. The zero-order valence-electron chi connectivity index (χ0n) is 16.6. The molecule has 0 bridgehead atoms. The number of amides is 1. The van der Waals surface area contributed by atoms with E-state index < -0.39 is 10.0 Å². The van der Waals surface area contributed by atoms with E-state index in [0.717, 1.165) is 31.5 Å². The summed E-state index contributed by atoms with van der Waals surface area (Å²) in [4.78, 5) is 17.2. The number of nitrogens with zero attached hydrogens (tertiary/aromatic N) is 3. The molecule has 30 heavy (non-hydrogen) atoms. The molecule has 1 saturated carbocycles. The summed E-state index contributed by atoms with van der Waals surface area (Å²) in [5, 5.41) is 8.95. The van der Waals surface area contributed by atoms with E-state index in [1.54, 1.807) is 29.2 Å². The molecule has 0 atom stereocenters. The van der Waals surface area contributed by atoms with Crippen molar-refractivity contribution in [3.8, 4) is 6.07 Å². The van der Waals surface area contributed by atoms with Crippen molar-refractivity contribution in [2.24, 2.45) is 0 Å². The summed E-state index contributed by atoms with van der Waals surface area (Å²) < 4.78 is 27.6. The van der Waals surface area contributed by atoms with Crippen LogP contribution in [0.25, 0.3) is 0 Å². The Morgan fingerprint density at radius 2 is 1.80 bits per heavy atom. The predicted octanol–water partition coefficient (Wildman–Crippen LogP) is 2.35. The lowest BCUT2D eigenvalue weighted by Gasteiger charge is -2.24. The molecule has 4 rings (SSSR count). The molecule has 1 heterocycles. The van der Waals surface area contributed by atoms with Gasteiger partial charge < -0.3 is 9.80 Å². The molecule has 2 fully saturated rings. The van der Waals surface area contributed by atoms with Gasteiger partial charge in [0.25, 0.3) is 5.91 Å². The van der Waals surface area contributed by atoms with Crippen LogP contribution in [0.1, 0.15) is 35.2 Å². The minimum absolute atomic E-state index is 0.0215. The first kappa shape index (κ1) is 20.4. The average molecular weight is 425 g/mol. The zero-order chi connectivity index (χ0) is 21.1. The first-order chi connectivity index (χ1) is 14.5. The molecule has 0 aromatic heterocycles. The number of anilines is 1. The van der Waals surface area contributed by atoms with Gasteiger partial charge in [-0.15, -0.1) is 0 Å². The third kappa shape index (κ3) is 4.64.